The number of aromatic nitrogens is 1. The first-order valence-electron chi connectivity index (χ1n) is 9.28. The molecule has 2 heterocycles. The molecular formula is C20H21N3O5. The van der Waals surface area contributed by atoms with Crippen molar-refractivity contribution in [2.75, 3.05) is 39.5 Å². The zero-order valence-corrected chi connectivity index (χ0v) is 15.4. The van der Waals surface area contributed by atoms with Crippen LogP contribution in [0.2, 0.25) is 0 Å². The molecule has 3 aromatic rings. The van der Waals surface area contributed by atoms with Crippen LogP contribution >= 0.6 is 0 Å². The minimum atomic E-state index is -0.441. The third-order valence-corrected chi connectivity index (χ3v) is 4.68. The maximum atomic E-state index is 11.5. The highest BCUT2D eigenvalue weighted by molar-refractivity contribution is 5.76. The van der Waals surface area contributed by atoms with E-state index in [1.165, 1.54) is 6.07 Å². The van der Waals surface area contributed by atoms with Crippen molar-refractivity contribution >= 4 is 16.8 Å². The van der Waals surface area contributed by atoms with Crippen molar-refractivity contribution in [1.82, 2.24) is 9.88 Å². The largest absolute Gasteiger partial charge is 0.487 e. The molecule has 0 radical (unpaired) electrons. The number of morpholine rings is 1. The van der Waals surface area contributed by atoms with Gasteiger partial charge in [-0.2, -0.15) is 0 Å². The molecule has 1 saturated heterocycles. The summed E-state index contributed by atoms with van der Waals surface area (Å²) in [6.07, 6.45) is 0.796. The van der Waals surface area contributed by atoms with Gasteiger partial charge in [-0.1, -0.05) is 12.1 Å². The lowest BCUT2D eigenvalue weighted by molar-refractivity contribution is -0.385. The fraction of sp³-hybridized carbons (Fsp3) is 0.350. The number of oxazole rings is 1. The van der Waals surface area contributed by atoms with E-state index in [1.54, 1.807) is 12.1 Å². The Bertz CT molecular complexity index is 932. The summed E-state index contributed by atoms with van der Waals surface area (Å²) in [5.41, 5.74) is 1.81. The molecule has 8 heteroatoms. The van der Waals surface area contributed by atoms with Crippen LogP contribution in [0.25, 0.3) is 22.6 Å². The van der Waals surface area contributed by atoms with Crippen molar-refractivity contribution in [2.24, 2.45) is 0 Å². The van der Waals surface area contributed by atoms with Gasteiger partial charge in [0.25, 0.3) is 0 Å². The molecule has 0 unspecified atom stereocenters. The van der Waals surface area contributed by atoms with Gasteiger partial charge in [0.15, 0.2) is 11.3 Å². The second kappa shape index (κ2) is 8.37. The molecule has 0 bridgehead atoms. The lowest BCUT2D eigenvalue weighted by atomic mass is 10.2. The molecular weight excluding hydrogens is 362 g/mol. The Labute approximate surface area is 161 Å². The van der Waals surface area contributed by atoms with Gasteiger partial charge in [0.2, 0.25) is 5.89 Å². The zero-order valence-electron chi connectivity index (χ0n) is 15.4. The summed E-state index contributed by atoms with van der Waals surface area (Å²) in [5.74, 6) is 0.606. The number of para-hydroxylation sites is 2. The molecule has 1 aliphatic rings. The molecule has 0 aliphatic carbocycles. The summed E-state index contributed by atoms with van der Waals surface area (Å²) >= 11 is 0. The maximum absolute atomic E-state index is 11.5. The molecule has 0 spiro atoms. The molecule has 1 aromatic heterocycles. The van der Waals surface area contributed by atoms with Crippen molar-refractivity contribution in [3.8, 4) is 17.2 Å². The first kappa shape index (κ1) is 18.4. The Morgan fingerprint density at radius 1 is 1.18 bits per heavy atom. The van der Waals surface area contributed by atoms with Crippen molar-refractivity contribution in [3.05, 3.63) is 52.6 Å². The number of ether oxygens (including phenoxy) is 2. The molecule has 2 aromatic carbocycles. The number of benzene rings is 2. The van der Waals surface area contributed by atoms with Gasteiger partial charge in [-0.3, -0.25) is 15.0 Å². The molecule has 146 valence electrons. The molecule has 4 rings (SSSR count). The Morgan fingerprint density at radius 2 is 2.00 bits per heavy atom. The number of rotatable bonds is 7. The fourth-order valence-electron chi connectivity index (χ4n) is 3.21. The van der Waals surface area contributed by atoms with Crippen molar-refractivity contribution in [3.63, 3.8) is 0 Å². The van der Waals surface area contributed by atoms with Gasteiger partial charge < -0.3 is 13.9 Å². The summed E-state index contributed by atoms with van der Waals surface area (Å²) in [6.45, 7) is 4.64. The van der Waals surface area contributed by atoms with E-state index >= 15 is 0 Å². The van der Waals surface area contributed by atoms with E-state index in [4.69, 9.17) is 13.9 Å². The molecule has 1 aliphatic heterocycles. The second-order valence-corrected chi connectivity index (χ2v) is 6.58. The van der Waals surface area contributed by atoms with Gasteiger partial charge in [-0.05, 0) is 30.7 Å². The fourth-order valence-corrected chi connectivity index (χ4v) is 3.21. The number of hydrogen-bond acceptors (Lipinski definition) is 7. The predicted octanol–water partition coefficient (Wildman–Crippen LogP) is 3.50. The van der Waals surface area contributed by atoms with Crippen LogP contribution in [0.4, 0.5) is 5.69 Å². The highest BCUT2D eigenvalue weighted by Crippen LogP contribution is 2.33. The Balaban J connectivity index is 1.45. The van der Waals surface area contributed by atoms with E-state index in [1.807, 2.05) is 24.3 Å². The molecule has 0 atom stereocenters. The summed E-state index contributed by atoms with van der Waals surface area (Å²) in [4.78, 5) is 17.8. The Kier molecular flexibility index (Phi) is 5.50. The summed E-state index contributed by atoms with van der Waals surface area (Å²) in [5, 5.41) is 11.5. The Hall–Kier alpha value is -2.97. The van der Waals surface area contributed by atoms with Crippen LogP contribution < -0.4 is 4.74 Å². The third-order valence-electron chi connectivity index (χ3n) is 4.68. The van der Waals surface area contributed by atoms with Crippen LogP contribution in [0, 0.1) is 10.1 Å². The van der Waals surface area contributed by atoms with E-state index in [9.17, 15) is 10.1 Å². The van der Waals surface area contributed by atoms with Gasteiger partial charge in [0.05, 0.1) is 24.7 Å². The number of nitrogens with zero attached hydrogens (tertiary/aromatic N) is 3. The quantitative estimate of drug-likeness (QED) is 0.350. The topological polar surface area (TPSA) is 90.9 Å². The van der Waals surface area contributed by atoms with E-state index in [2.05, 4.69) is 9.88 Å². The Morgan fingerprint density at radius 3 is 2.79 bits per heavy atom. The first-order valence-corrected chi connectivity index (χ1v) is 9.28. The molecule has 0 amide bonds. The first-order chi connectivity index (χ1) is 13.7. The monoisotopic (exact) mass is 383 g/mol. The van der Waals surface area contributed by atoms with Crippen LogP contribution in [0.5, 0.6) is 5.75 Å². The number of fused-ring (bicyclic) bond motifs is 1. The molecule has 0 saturated carbocycles. The van der Waals surface area contributed by atoms with E-state index < -0.39 is 4.92 Å². The van der Waals surface area contributed by atoms with Crippen LogP contribution in [0.1, 0.15) is 6.42 Å². The van der Waals surface area contributed by atoms with E-state index in [0.29, 0.717) is 29.2 Å². The number of nitro benzene ring substituents is 1. The number of nitro groups is 1. The molecule has 0 N–H and O–H groups in total. The van der Waals surface area contributed by atoms with E-state index in [0.717, 1.165) is 39.3 Å². The summed E-state index contributed by atoms with van der Waals surface area (Å²) in [7, 11) is 0. The summed E-state index contributed by atoms with van der Waals surface area (Å²) < 4.78 is 16.7. The van der Waals surface area contributed by atoms with Crippen LogP contribution in [-0.4, -0.2) is 54.3 Å². The average molecular weight is 383 g/mol. The summed E-state index contributed by atoms with van der Waals surface area (Å²) in [6, 6.07) is 12.2. The predicted molar refractivity (Wildman–Crippen MR) is 103 cm³/mol. The lowest BCUT2D eigenvalue weighted by Crippen LogP contribution is -2.37. The van der Waals surface area contributed by atoms with Crippen LogP contribution in [-0.2, 0) is 4.74 Å². The normalized spacial score (nSPS) is 15.0. The average Bonchev–Trinajstić information content (AvgIpc) is 3.16. The van der Waals surface area contributed by atoms with Gasteiger partial charge in [0.1, 0.15) is 5.52 Å². The lowest BCUT2D eigenvalue weighted by Gasteiger charge is -2.26. The van der Waals surface area contributed by atoms with Crippen LogP contribution in [0.3, 0.4) is 0 Å². The highest BCUT2D eigenvalue weighted by atomic mass is 16.6. The van der Waals surface area contributed by atoms with Crippen LogP contribution in [0.15, 0.2) is 46.9 Å². The van der Waals surface area contributed by atoms with Gasteiger partial charge in [-0.25, -0.2) is 4.98 Å². The SMILES string of the molecule is O=[N+]([O-])c1cc(-c2nc3ccccc3o2)ccc1OCCCN1CCOCC1. The second-order valence-electron chi connectivity index (χ2n) is 6.58. The zero-order chi connectivity index (χ0) is 19.3. The molecule has 28 heavy (non-hydrogen) atoms. The van der Waals surface area contributed by atoms with Crippen molar-refractivity contribution in [1.29, 1.82) is 0 Å². The minimum absolute atomic E-state index is 0.0915. The van der Waals surface area contributed by atoms with Gasteiger partial charge in [-0.15, -0.1) is 0 Å². The smallest absolute Gasteiger partial charge is 0.311 e. The third kappa shape index (κ3) is 4.13. The number of hydrogen-bond donors (Lipinski definition) is 0. The maximum Gasteiger partial charge on any atom is 0.311 e. The van der Waals surface area contributed by atoms with Crippen molar-refractivity contribution < 1.29 is 18.8 Å². The van der Waals surface area contributed by atoms with Gasteiger partial charge >= 0.3 is 5.69 Å². The molecule has 1 fully saturated rings. The van der Waals surface area contributed by atoms with Crippen molar-refractivity contribution in [2.45, 2.75) is 6.42 Å². The van der Waals surface area contributed by atoms with Gasteiger partial charge in [0, 0.05) is 31.3 Å². The molecule has 8 nitrogen and oxygen atoms in total. The van der Waals surface area contributed by atoms with E-state index in [-0.39, 0.29) is 11.4 Å². The minimum Gasteiger partial charge on any atom is -0.487 e. The standard InChI is InChI=1S/C20H21N3O5/c24-23(25)17-14-15(20-21-16-4-1-2-5-18(16)28-20)6-7-19(17)27-11-3-8-22-9-12-26-13-10-22/h1-2,4-7,14H,3,8-13H2. The highest BCUT2D eigenvalue weighted by Gasteiger charge is 2.19.